The van der Waals surface area contributed by atoms with Crippen LogP contribution in [0.25, 0.3) is 0 Å². The summed E-state index contributed by atoms with van der Waals surface area (Å²) in [4.78, 5) is 0. The molecule has 12 heavy (non-hydrogen) atoms. The number of methoxy groups -OCH3 is 1. The van der Waals surface area contributed by atoms with E-state index in [9.17, 15) is 0 Å². The summed E-state index contributed by atoms with van der Waals surface area (Å²) in [5.74, 6) is 0.208. The van der Waals surface area contributed by atoms with E-state index in [1.54, 1.807) is 7.11 Å². The second-order valence-corrected chi connectivity index (χ2v) is 3.53. The van der Waals surface area contributed by atoms with Gasteiger partial charge in [0, 0.05) is 24.1 Å². The highest BCUT2D eigenvalue weighted by Crippen LogP contribution is 2.29. The third kappa shape index (κ3) is 2.44. The van der Waals surface area contributed by atoms with Crippen molar-refractivity contribution >= 4 is 15.9 Å². The van der Waals surface area contributed by atoms with Crippen molar-refractivity contribution in [2.75, 3.05) is 13.7 Å². The lowest BCUT2D eigenvalue weighted by Crippen LogP contribution is -2.14. The number of rotatable bonds is 3. The Hall–Kier alpha value is -0.120. The van der Waals surface area contributed by atoms with Crippen LogP contribution in [0.5, 0.6) is 0 Å². The van der Waals surface area contributed by atoms with Crippen molar-refractivity contribution in [2.45, 2.75) is 6.42 Å². The Kier molecular flexibility index (Phi) is 3.98. The first-order valence-electron chi connectivity index (χ1n) is 3.85. The van der Waals surface area contributed by atoms with Gasteiger partial charge in [-0.25, -0.2) is 0 Å². The van der Waals surface area contributed by atoms with Crippen LogP contribution in [0.15, 0.2) is 22.7 Å². The molecule has 0 saturated heterocycles. The standard InChI is InChI=1S/C9H12BrO2/c1-12-9-3-2-8(10)6-7(9)4-5-11/h2-3,6-7,11H,4-5H2,1H3. The second kappa shape index (κ2) is 4.80. The molecule has 0 spiro atoms. The zero-order chi connectivity index (χ0) is 8.97. The van der Waals surface area contributed by atoms with Gasteiger partial charge in [0.25, 0.3) is 0 Å². The molecule has 67 valence electrons. The Balaban J connectivity index is 2.61. The minimum atomic E-state index is 0.183. The van der Waals surface area contributed by atoms with Crippen LogP contribution in [0.3, 0.4) is 0 Å². The number of hydrogen-bond acceptors (Lipinski definition) is 2. The van der Waals surface area contributed by atoms with Crippen molar-refractivity contribution in [1.29, 1.82) is 0 Å². The molecule has 3 heteroatoms. The lowest BCUT2D eigenvalue weighted by atomic mass is 9.95. The van der Waals surface area contributed by atoms with E-state index in [1.807, 2.05) is 18.2 Å². The largest absolute Gasteiger partial charge is 0.396 e. The van der Waals surface area contributed by atoms with Crippen LogP contribution in [-0.4, -0.2) is 18.8 Å². The Morgan fingerprint density at radius 1 is 1.58 bits per heavy atom. The molecular formula is C9H12BrO2. The number of ether oxygens (including phenoxy) is 1. The summed E-state index contributed by atoms with van der Waals surface area (Å²) in [5.41, 5.74) is 0. The summed E-state index contributed by atoms with van der Waals surface area (Å²) in [6, 6.07) is 0. The summed E-state index contributed by atoms with van der Waals surface area (Å²) in [7, 11) is 1.65. The predicted octanol–water partition coefficient (Wildman–Crippen LogP) is 2.01. The van der Waals surface area contributed by atoms with Gasteiger partial charge in [0.05, 0.1) is 0 Å². The summed E-state index contributed by atoms with van der Waals surface area (Å²) in [6.45, 7) is 0.183. The fourth-order valence-corrected chi connectivity index (χ4v) is 1.65. The van der Waals surface area contributed by atoms with Gasteiger partial charge in [0.1, 0.15) is 6.10 Å². The maximum absolute atomic E-state index is 8.78. The van der Waals surface area contributed by atoms with Gasteiger partial charge >= 0.3 is 0 Å². The molecule has 1 rings (SSSR count). The zero-order valence-electron chi connectivity index (χ0n) is 6.96. The zero-order valence-corrected chi connectivity index (χ0v) is 8.54. The van der Waals surface area contributed by atoms with E-state index in [2.05, 4.69) is 15.9 Å². The predicted molar refractivity (Wildman–Crippen MR) is 51.6 cm³/mol. The van der Waals surface area contributed by atoms with Crippen LogP contribution in [0, 0.1) is 12.0 Å². The first-order chi connectivity index (χ1) is 5.77. The van der Waals surface area contributed by atoms with E-state index in [4.69, 9.17) is 9.84 Å². The minimum Gasteiger partial charge on any atom is -0.396 e. The monoisotopic (exact) mass is 231 g/mol. The smallest absolute Gasteiger partial charge is 0.126 e. The highest BCUT2D eigenvalue weighted by atomic mass is 79.9. The van der Waals surface area contributed by atoms with E-state index in [0.29, 0.717) is 6.42 Å². The average Bonchev–Trinajstić information content (AvgIpc) is 2.05. The molecule has 0 aliphatic heterocycles. The van der Waals surface area contributed by atoms with Gasteiger partial charge in [-0.2, -0.15) is 0 Å². The Labute approximate surface area is 81.0 Å². The van der Waals surface area contributed by atoms with E-state index in [0.717, 1.165) is 10.6 Å². The van der Waals surface area contributed by atoms with Gasteiger partial charge in [-0.1, -0.05) is 22.0 Å². The van der Waals surface area contributed by atoms with Gasteiger partial charge in [-0.15, -0.1) is 0 Å². The van der Waals surface area contributed by atoms with Crippen molar-refractivity contribution in [3.05, 3.63) is 28.8 Å². The van der Waals surface area contributed by atoms with Gasteiger partial charge in [-0.3, -0.25) is 0 Å². The fourth-order valence-electron chi connectivity index (χ4n) is 1.20. The maximum atomic E-state index is 8.78. The highest BCUT2D eigenvalue weighted by molar-refractivity contribution is 9.11. The van der Waals surface area contributed by atoms with Crippen molar-refractivity contribution in [1.82, 2.24) is 0 Å². The Morgan fingerprint density at radius 2 is 2.33 bits per heavy atom. The second-order valence-electron chi connectivity index (χ2n) is 2.61. The van der Waals surface area contributed by atoms with Crippen LogP contribution in [-0.2, 0) is 4.74 Å². The number of halogens is 1. The van der Waals surface area contributed by atoms with Gasteiger partial charge in [-0.05, 0) is 18.6 Å². The molecule has 0 fully saturated rings. The molecule has 1 aliphatic carbocycles. The molecule has 1 radical (unpaired) electrons. The van der Waals surface area contributed by atoms with Crippen LogP contribution in [0.2, 0.25) is 0 Å². The number of allylic oxidation sites excluding steroid dienone is 2. The number of aliphatic hydroxyl groups excluding tert-OH is 1. The third-order valence-corrected chi connectivity index (χ3v) is 2.34. The average molecular weight is 232 g/mol. The highest BCUT2D eigenvalue weighted by Gasteiger charge is 2.20. The van der Waals surface area contributed by atoms with Crippen LogP contribution in [0.4, 0.5) is 0 Å². The normalized spacial score (nSPS) is 24.2. The third-order valence-electron chi connectivity index (χ3n) is 1.81. The van der Waals surface area contributed by atoms with Crippen molar-refractivity contribution in [2.24, 2.45) is 5.92 Å². The van der Waals surface area contributed by atoms with Gasteiger partial charge in [0.15, 0.2) is 0 Å². The van der Waals surface area contributed by atoms with Gasteiger partial charge in [0.2, 0.25) is 0 Å². The van der Waals surface area contributed by atoms with E-state index in [-0.39, 0.29) is 12.5 Å². The summed E-state index contributed by atoms with van der Waals surface area (Å²) < 4.78 is 6.20. The SMILES string of the molecule is CO[C]1C=CC(Br)=CC1CCO. The molecule has 1 unspecified atom stereocenters. The molecule has 1 N–H and O–H groups in total. The van der Waals surface area contributed by atoms with Crippen molar-refractivity contribution < 1.29 is 9.84 Å². The first-order valence-corrected chi connectivity index (χ1v) is 4.64. The van der Waals surface area contributed by atoms with Crippen LogP contribution >= 0.6 is 15.9 Å². The van der Waals surface area contributed by atoms with E-state index < -0.39 is 0 Å². The molecule has 0 heterocycles. The number of aliphatic hydroxyl groups is 1. The fraction of sp³-hybridized carbons (Fsp3) is 0.444. The molecule has 2 nitrogen and oxygen atoms in total. The summed E-state index contributed by atoms with van der Waals surface area (Å²) in [5, 5.41) is 8.78. The Morgan fingerprint density at radius 3 is 2.92 bits per heavy atom. The molecule has 0 saturated carbocycles. The molecular weight excluding hydrogens is 220 g/mol. The quantitative estimate of drug-likeness (QED) is 0.806. The number of hydrogen-bond donors (Lipinski definition) is 1. The molecule has 0 bridgehead atoms. The van der Waals surface area contributed by atoms with Crippen molar-refractivity contribution in [3.8, 4) is 0 Å². The topological polar surface area (TPSA) is 29.5 Å². The summed E-state index contributed by atoms with van der Waals surface area (Å²) in [6.07, 6.45) is 7.52. The van der Waals surface area contributed by atoms with Crippen LogP contribution in [0.1, 0.15) is 6.42 Å². The molecule has 0 aromatic rings. The Bertz CT molecular complexity index is 199. The van der Waals surface area contributed by atoms with Gasteiger partial charge < -0.3 is 9.84 Å². The maximum Gasteiger partial charge on any atom is 0.126 e. The minimum absolute atomic E-state index is 0.183. The molecule has 0 aromatic carbocycles. The molecule has 0 amide bonds. The summed E-state index contributed by atoms with van der Waals surface area (Å²) >= 11 is 3.38. The lowest BCUT2D eigenvalue weighted by Gasteiger charge is -2.21. The van der Waals surface area contributed by atoms with Crippen molar-refractivity contribution in [3.63, 3.8) is 0 Å². The van der Waals surface area contributed by atoms with Crippen LogP contribution < -0.4 is 0 Å². The lowest BCUT2D eigenvalue weighted by molar-refractivity contribution is 0.176. The first kappa shape index (κ1) is 9.96. The van der Waals surface area contributed by atoms with E-state index >= 15 is 0 Å². The molecule has 1 atom stereocenters. The molecule has 0 aromatic heterocycles. The molecule has 1 aliphatic rings. The van der Waals surface area contributed by atoms with E-state index in [1.165, 1.54) is 0 Å².